The number of hydrogen-bond donors (Lipinski definition) is 0. The molecule has 92 valence electrons. The Morgan fingerprint density at radius 2 is 2.24 bits per heavy atom. The molecule has 0 spiro atoms. The van der Waals surface area contributed by atoms with E-state index >= 15 is 0 Å². The summed E-state index contributed by atoms with van der Waals surface area (Å²) in [6.07, 6.45) is 1.75. The Morgan fingerprint density at radius 3 is 2.88 bits per heavy atom. The first-order valence-electron chi connectivity index (χ1n) is 6.00. The van der Waals surface area contributed by atoms with Crippen molar-refractivity contribution >= 4 is 11.6 Å². The normalized spacial score (nSPS) is 21.6. The third-order valence-electron chi connectivity index (χ3n) is 3.43. The number of ketones is 1. The van der Waals surface area contributed by atoms with Crippen molar-refractivity contribution in [2.24, 2.45) is 0 Å². The Labute approximate surface area is 102 Å². The van der Waals surface area contributed by atoms with Crippen LogP contribution in [0.3, 0.4) is 0 Å². The second-order valence-corrected chi connectivity index (χ2v) is 4.71. The molecule has 1 fully saturated rings. The maximum Gasteiger partial charge on any atom is 0.163 e. The number of anilines is 1. The van der Waals surface area contributed by atoms with E-state index in [-0.39, 0.29) is 5.78 Å². The van der Waals surface area contributed by atoms with Gasteiger partial charge in [0.25, 0.3) is 0 Å². The number of nitrogens with zero attached hydrogens (tertiary/aromatic N) is 3. The summed E-state index contributed by atoms with van der Waals surface area (Å²) in [7, 11) is 2.13. The molecule has 4 nitrogen and oxygen atoms in total. The van der Waals surface area contributed by atoms with Crippen LogP contribution < -0.4 is 4.90 Å². The Balaban J connectivity index is 2.25. The first-order chi connectivity index (χ1) is 8.09. The first-order valence-corrected chi connectivity index (χ1v) is 6.00. The van der Waals surface area contributed by atoms with Crippen LogP contribution in [0.25, 0.3) is 0 Å². The molecule has 0 aromatic carbocycles. The molecule has 0 bridgehead atoms. The van der Waals surface area contributed by atoms with E-state index in [1.807, 2.05) is 12.1 Å². The molecule has 1 aromatic heterocycles. The van der Waals surface area contributed by atoms with Crippen LogP contribution in [-0.4, -0.2) is 48.4 Å². The van der Waals surface area contributed by atoms with Crippen molar-refractivity contribution < 1.29 is 4.79 Å². The van der Waals surface area contributed by atoms with Gasteiger partial charge in [0, 0.05) is 31.9 Å². The highest BCUT2D eigenvalue weighted by Gasteiger charge is 2.23. The van der Waals surface area contributed by atoms with E-state index in [0.717, 1.165) is 31.0 Å². The Hall–Kier alpha value is -1.42. The fourth-order valence-electron chi connectivity index (χ4n) is 2.16. The highest BCUT2D eigenvalue weighted by molar-refractivity contribution is 5.98. The predicted molar refractivity (Wildman–Crippen MR) is 68.5 cm³/mol. The van der Waals surface area contributed by atoms with E-state index in [9.17, 15) is 4.79 Å². The Bertz CT molecular complexity index is 419. The van der Waals surface area contributed by atoms with Crippen LogP contribution in [0.15, 0.2) is 18.3 Å². The third-order valence-corrected chi connectivity index (χ3v) is 3.43. The zero-order chi connectivity index (χ0) is 12.4. The van der Waals surface area contributed by atoms with Crippen molar-refractivity contribution in [2.45, 2.75) is 19.9 Å². The minimum atomic E-state index is 0.0830. The number of Topliss-reactive ketones (excluding diaryl/α,β-unsaturated/α-hetero) is 1. The number of aromatic nitrogens is 1. The number of piperazine rings is 1. The lowest BCUT2D eigenvalue weighted by atomic mass is 10.1. The van der Waals surface area contributed by atoms with Crippen molar-refractivity contribution in [3.05, 3.63) is 23.9 Å². The molecule has 4 heteroatoms. The molecule has 1 aromatic rings. The highest BCUT2D eigenvalue weighted by Crippen LogP contribution is 2.20. The highest BCUT2D eigenvalue weighted by atomic mass is 16.1. The predicted octanol–water partition coefficient (Wildman–Crippen LogP) is 1.42. The van der Waals surface area contributed by atoms with E-state index in [1.54, 1.807) is 13.1 Å². The van der Waals surface area contributed by atoms with Crippen LogP contribution in [0.4, 0.5) is 5.82 Å². The van der Waals surface area contributed by atoms with Gasteiger partial charge >= 0.3 is 0 Å². The molecule has 1 aliphatic rings. The fraction of sp³-hybridized carbons (Fsp3) is 0.538. The molecule has 1 saturated heterocycles. The van der Waals surface area contributed by atoms with Gasteiger partial charge < -0.3 is 9.80 Å². The molecule has 1 atom stereocenters. The van der Waals surface area contributed by atoms with E-state index in [4.69, 9.17) is 0 Å². The van der Waals surface area contributed by atoms with Gasteiger partial charge in [0.05, 0.1) is 5.56 Å². The molecule has 0 amide bonds. The third kappa shape index (κ3) is 2.47. The lowest BCUT2D eigenvalue weighted by Gasteiger charge is -2.38. The summed E-state index contributed by atoms with van der Waals surface area (Å²) in [6.45, 7) is 6.66. The topological polar surface area (TPSA) is 36.4 Å². The van der Waals surface area contributed by atoms with Crippen molar-refractivity contribution in [2.75, 3.05) is 31.6 Å². The van der Waals surface area contributed by atoms with Gasteiger partial charge in [-0.3, -0.25) is 4.79 Å². The monoisotopic (exact) mass is 233 g/mol. The van der Waals surface area contributed by atoms with Gasteiger partial charge in [0.1, 0.15) is 5.82 Å². The van der Waals surface area contributed by atoms with Crippen LogP contribution in [0.5, 0.6) is 0 Å². The molecule has 1 unspecified atom stereocenters. The van der Waals surface area contributed by atoms with E-state index in [0.29, 0.717) is 6.04 Å². The lowest BCUT2D eigenvalue weighted by molar-refractivity contribution is 0.101. The SMILES string of the molecule is CC(=O)c1cccnc1N1CCN(C)C(C)C1. The molecule has 2 rings (SSSR count). The second-order valence-electron chi connectivity index (χ2n) is 4.71. The van der Waals surface area contributed by atoms with E-state index in [2.05, 4.69) is 28.8 Å². The smallest absolute Gasteiger partial charge is 0.163 e. The summed E-state index contributed by atoms with van der Waals surface area (Å²) in [6, 6.07) is 4.17. The van der Waals surface area contributed by atoms with Gasteiger partial charge in [-0.1, -0.05) is 0 Å². The minimum Gasteiger partial charge on any atom is -0.353 e. The zero-order valence-corrected chi connectivity index (χ0v) is 10.7. The molecule has 1 aliphatic heterocycles. The van der Waals surface area contributed by atoms with Crippen LogP contribution in [0, 0.1) is 0 Å². The maximum atomic E-state index is 11.6. The molecule has 0 saturated carbocycles. The molecular formula is C13H19N3O. The summed E-state index contributed by atoms with van der Waals surface area (Å²) in [5.41, 5.74) is 0.726. The number of hydrogen-bond acceptors (Lipinski definition) is 4. The van der Waals surface area contributed by atoms with Gasteiger partial charge in [0.2, 0.25) is 0 Å². The number of pyridine rings is 1. The average Bonchev–Trinajstić information content (AvgIpc) is 2.32. The van der Waals surface area contributed by atoms with Crippen molar-refractivity contribution in [3.63, 3.8) is 0 Å². The van der Waals surface area contributed by atoms with Crippen LogP contribution in [0.2, 0.25) is 0 Å². The van der Waals surface area contributed by atoms with Gasteiger partial charge in [-0.05, 0) is 33.0 Å². The summed E-state index contributed by atoms with van der Waals surface area (Å²) >= 11 is 0. The summed E-state index contributed by atoms with van der Waals surface area (Å²) in [4.78, 5) is 20.5. The Kier molecular flexibility index (Phi) is 3.43. The number of rotatable bonds is 2. The molecule has 0 radical (unpaired) electrons. The van der Waals surface area contributed by atoms with E-state index in [1.165, 1.54) is 0 Å². The molecule has 2 heterocycles. The van der Waals surface area contributed by atoms with Crippen molar-refractivity contribution in [1.29, 1.82) is 0 Å². The molecular weight excluding hydrogens is 214 g/mol. The van der Waals surface area contributed by atoms with Crippen LogP contribution in [0.1, 0.15) is 24.2 Å². The number of likely N-dealkylation sites (N-methyl/N-ethyl adjacent to an activating group) is 1. The van der Waals surface area contributed by atoms with Crippen LogP contribution >= 0.6 is 0 Å². The quantitative estimate of drug-likeness (QED) is 0.724. The average molecular weight is 233 g/mol. The second kappa shape index (κ2) is 4.84. The van der Waals surface area contributed by atoms with Gasteiger partial charge in [-0.2, -0.15) is 0 Å². The molecule has 0 N–H and O–H groups in total. The minimum absolute atomic E-state index is 0.0830. The van der Waals surface area contributed by atoms with E-state index < -0.39 is 0 Å². The number of carbonyl (C=O) groups excluding carboxylic acids is 1. The summed E-state index contributed by atoms with van der Waals surface area (Å²) in [5, 5.41) is 0. The molecule has 0 aliphatic carbocycles. The number of carbonyl (C=O) groups is 1. The van der Waals surface area contributed by atoms with Gasteiger partial charge in [-0.25, -0.2) is 4.98 Å². The largest absolute Gasteiger partial charge is 0.353 e. The first kappa shape index (κ1) is 12.0. The maximum absolute atomic E-state index is 11.6. The summed E-state index contributed by atoms with van der Waals surface area (Å²) < 4.78 is 0. The summed E-state index contributed by atoms with van der Waals surface area (Å²) in [5.74, 6) is 0.916. The molecule has 17 heavy (non-hydrogen) atoms. The van der Waals surface area contributed by atoms with Crippen LogP contribution in [-0.2, 0) is 0 Å². The Morgan fingerprint density at radius 1 is 1.47 bits per heavy atom. The van der Waals surface area contributed by atoms with Gasteiger partial charge in [0.15, 0.2) is 5.78 Å². The standard InChI is InChI=1S/C13H19N3O/c1-10-9-16(8-7-15(10)3)13-12(11(2)17)5-4-6-14-13/h4-6,10H,7-9H2,1-3H3. The van der Waals surface area contributed by atoms with Crippen molar-refractivity contribution in [1.82, 2.24) is 9.88 Å². The lowest BCUT2D eigenvalue weighted by Crippen LogP contribution is -2.50. The fourth-order valence-corrected chi connectivity index (χ4v) is 2.16. The zero-order valence-electron chi connectivity index (χ0n) is 10.7. The van der Waals surface area contributed by atoms with Crippen molar-refractivity contribution in [3.8, 4) is 0 Å². The van der Waals surface area contributed by atoms with Gasteiger partial charge in [-0.15, -0.1) is 0 Å².